The number of aromatic nitrogens is 2. The summed E-state index contributed by atoms with van der Waals surface area (Å²) in [6.07, 6.45) is 3.26. The lowest BCUT2D eigenvalue weighted by molar-refractivity contribution is 0.356. The highest BCUT2D eigenvalue weighted by Crippen LogP contribution is 2.34. The molecule has 0 bridgehead atoms. The molecule has 0 radical (unpaired) electrons. The molecule has 3 heterocycles. The fourth-order valence-corrected chi connectivity index (χ4v) is 4.48. The molecule has 3 rings (SSSR count). The Morgan fingerprint density at radius 2 is 2.00 bits per heavy atom. The van der Waals surface area contributed by atoms with Gasteiger partial charge in [0.05, 0.1) is 5.75 Å². The SMILES string of the molecule is O=S1(=O)CCCC1c1nc(C2CCNCC2)no1. The highest BCUT2D eigenvalue weighted by molar-refractivity contribution is 7.91. The Morgan fingerprint density at radius 1 is 1.22 bits per heavy atom. The van der Waals surface area contributed by atoms with Crippen molar-refractivity contribution < 1.29 is 12.9 Å². The van der Waals surface area contributed by atoms with Gasteiger partial charge in [0.1, 0.15) is 5.25 Å². The zero-order valence-corrected chi connectivity index (χ0v) is 10.9. The van der Waals surface area contributed by atoms with Gasteiger partial charge in [-0.05, 0) is 38.8 Å². The molecule has 0 amide bonds. The van der Waals surface area contributed by atoms with E-state index in [0.29, 0.717) is 30.5 Å². The van der Waals surface area contributed by atoms with Crippen LogP contribution in [0.15, 0.2) is 4.52 Å². The number of hydrogen-bond donors (Lipinski definition) is 1. The van der Waals surface area contributed by atoms with E-state index in [9.17, 15) is 8.42 Å². The fraction of sp³-hybridized carbons (Fsp3) is 0.818. The van der Waals surface area contributed by atoms with E-state index in [4.69, 9.17) is 4.52 Å². The van der Waals surface area contributed by atoms with Crippen molar-refractivity contribution in [2.75, 3.05) is 18.8 Å². The van der Waals surface area contributed by atoms with Crippen molar-refractivity contribution in [3.05, 3.63) is 11.7 Å². The van der Waals surface area contributed by atoms with Crippen LogP contribution in [0.2, 0.25) is 0 Å². The van der Waals surface area contributed by atoms with Crippen LogP contribution in [0.1, 0.15) is 48.6 Å². The summed E-state index contributed by atoms with van der Waals surface area (Å²) in [6, 6.07) is 0. The van der Waals surface area contributed by atoms with Gasteiger partial charge < -0.3 is 9.84 Å². The predicted molar refractivity (Wildman–Crippen MR) is 64.9 cm³/mol. The van der Waals surface area contributed by atoms with E-state index in [1.165, 1.54) is 0 Å². The molecule has 1 unspecified atom stereocenters. The van der Waals surface area contributed by atoms with Gasteiger partial charge in [0.15, 0.2) is 15.7 Å². The standard InChI is InChI=1S/C11H17N3O3S/c15-18(16)7-1-2-9(18)11-13-10(14-17-11)8-3-5-12-6-4-8/h8-9,12H,1-7H2. The number of rotatable bonds is 2. The lowest BCUT2D eigenvalue weighted by atomic mass is 9.98. The van der Waals surface area contributed by atoms with Gasteiger partial charge in [-0.3, -0.25) is 0 Å². The molecule has 2 aliphatic heterocycles. The van der Waals surface area contributed by atoms with Gasteiger partial charge in [0.25, 0.3) is 0 Å². The van der Waals surface area contributed by atoms with E-state index in [2.05, 4.69) is 15.5 Å². The van der Waals surface area contributed by atoms with Gasteiger partial charge in [-0.25, -0.2) is 8.42 Å². The van der Waals surface area contributed by atoms with Gasteiger partial charge in [-0.15, -0.1) is 0 Å². The summed E-state index contributed by atoms with van der Waals surface area (Å²) in [7, 11) is -3.07. The molecular formula is C11H17N3O3S. The summed E-state index contributed by atoms with van der Waals surface area (Å²) in [5, 5.41) is 6.68. The molecule has 0 spiro atoms. The molecule has 2 saturated heterocycles. The normalized spacial score (nSPS) is 28.6. The van der Waals surface area contributed by atoms with Crippen LogP contribution in [0.5, 0.6) is 0 Å². The molecule has 6 nitrogen and oxygen atoms in total. The van der Waals surface area contributed by atoms with Crippen molar-refractivity contribution >= 4 is 9.84 Å². The fourth-order valence-electron chi connectivity index (χ4n) is 2.69. The topological polar surface area (TPSA) is 85.1 Å². The molecule has 100 valence electrons. The van der Waals surface area contributed by atoms with Gasteiger partial charge in [-0.1, -0.05) is 5.16 Å². The molecule has 7 heteroatoms. The molecule has 2 fully saturated rings. The second-order valence-corrected chi connectivity index (χ2v) is 7.32. The van der Waals surface area contributed by atoms with E-state index in [0.717, 1.165) is 25.9 Å². The smallest absolute Gasteiger partial charge is 0.244 e. The maximum absolute atomic E-state index is 11.8. The average molecular weight is 271 g/mol. The molecule has 2 aliphatic rings. The summed E-state index contributed by atoms with van der Waals surface area (Å²) >= 11 is 0. The van der Waals surface area contributed by atoms with Crippen LogP contribution in [0, 0.1) is 0 Å². The molecule has 0 aromatic carbocycles. The van der Waals surface area contributed by atoms with E-state index in [-0.39, 0.29) is 5.75 Å². The van der Waals surface area contributed by atoms with Crippen molar-refractivity contribution in [3.63, 3.8) is 0 Å². The van der Waals surface area contributed by atoms with Gasteiger partial charge in [0.2, 0.25) is 5.89 Å². The first-order valence-corrected chi connectivity index (χ1v) is 8.14. The van der Waals surface area contributed by atoms with Gasteiger partial charge in [0, 0.05) is 5.92 Å². The third-order valence-electron chi connectivity index (χ3n) is 3.77. The van der Waals surface area contributed by atoms with Crippen molar-refractivity contribution in [1.29, 1.82) is 0 Å². The second-order valence-electron chi connectivity index (χ2n) is 5.01. The zero-order valence-electron chi connectivity index (χ0n) is 10.1. The van der Waals surface area contributed by atoms with Gasteiger partial charge >= 0.3 is 0 Å². The van der Waals surface area contributed by atoms with E-state index in [1.54, 1.807) is 0 Å². The quantitative estimate of drug-likeness (QED) is 0.856. The van der Waals surface area contributed by atoms with E-state index >= 15 is 0 Å². The molecule has 18 heavy (non-hydrogen) atoms. The number of hydrogen-bond acceptors (Lipinski definition) is 6. The Kier molecular flexibility index (Phi) is 3.11. The Labute approximate surface area is 106 Å². The third kappa shape index (κ3) is 2.16. The summed E-state index contributed by atoms with van der Waals surface area (Å²) in [5.74, 6) is 1.51. The Bertz CT molecular complexity index is 519. The maximum Gasteiger partial charge on any atom is 0.244 e. The van der Waals surface area contributed by atoms with Crippen LogP contribution in [-0.4, -0.2) is 37.4 Å². The lowest BCUT2D eigenvalue weighted by Crippen LogP contribution is -2.27. The Balaban J connectivity index is 1.81. The minimum Gasteiger partial charge on any atom is -0.338 e. The molecular weight excluding hydrogens is 254 g/mol. The number of nitrogens with zero attached hydrogens (tertiary/aromatic N) is 2. The van der Waals surface area contributed by atoms with Crippen LogP contribution in [0.3, 0.4) is 0 Å². The zero-order chi connectivity index (χ0) is 12.6. The van der Waals surface area contributed by atoms with Crippen molar-refractivity contribution in [2.24, 2.45) is 0 Å². The third-order valence-corrected chi connectivity index (χ3v) is 5.93. The summed E-state index contributed by atoms with van der Waals surface area (Å²) in [6.45, 7) is 1.91. The summed E-state index contributed by atoms with van der Waals surface area (Å²) in [4.78, 5) is 4.33. The minimum atomic E-state index is -3.07. The van der Waals surface area contributed by atoms with Crippen LogP contribution < -0.4 is 5.32 Å². The number of nitrogens with one attached hydrogen (secondary N) is 1. The van der Waals surface area contributed by atoms with Crippen molar-refractivity contribution in [2.45, 2.75) is 36.9 Å². The molecule has 1 N–H and O–H groups in total. The average Bonchev–Trinajstić information content (AvgIpc) is 2.96. The van der Waals surface area contributed by atoms with Gasteiger partial charge in [-0.2, -0.15) is 4.98 Å². The highest BCUT2D eigenvalue weighted by atomic mass is 32.2. The largest absolute Gasteiger partial charge is 0.338 e. The lowest BCUT2D eigenvalue weighted by Gasteiger charge is -2.19. The van der Waals surface area contributed by atoms with Crippen LogP contribution in [-0.2, 0) is 9.84 Å². The predicted octanol–water partition coefficient (Wildman–Crippen LogP) is 0.786. The molecule has 1 atom stereocenters. The van der Waals surface area contributed by atoms with E-state index in [1.807, 2.05) is 0 Å². The van der Waals surface area contributed by atoms with Crippen molar-refractivity contribution in [1.82, 2.24) is 15.5 Å². The molecule has 0 saturated carbocycles. The van der Waals surface area contributed by atoms with Crippen LogP contribution in [0.25, 0.3) is 0 Å². The van der Waals surface area contributed by atoms with Crippen molar-refractivity contribution in [3.8, 4) is 0 Å². The molecule has 0 aliphatic carbocycles. The van der Waals surface area contributed by atoms with Crippen LogP contribution >= 0.6 is 0 Å². The highest BCUT2D eigenvalue weighted by Gasteiger charge is 2.37. The minimum absolute atomic E-state index is 0.239. The first-order valence-electron chi connectivity index (χ1n) is 6.42. The Hall–Kier alpha value is -0.950. The number of sulfone groups is 1. The maximum atomic E-state index is 11.8. The number of piperidine rings is 1. The summed E-state index contributed by atoms with van der Waals surface area (Å²) < 4.78 is 28.8. The van der Waals surface area contributed by atoms with E-state index < -0.39 is 15.1 Å². The summed E-state index contributed by atoms with van der Waals surface area (Å²) in [5.41, 5.74) is 0. The first-order chi connectivity index (χ1) is 8.67. The molecule has 1 aromatic heterocycles. The first kappa shape index (κ1) is 12.1. The molecule has 1 aromatic rings. The van der Waals surface area contributed by atoms with Crippen LogP contribution in [0.4, 0.5) is 0 Å². The second kappa shape index (κ2) is 4.62. The monoisotopic (exact) mass is 271 g/mol. The Morgan fingerprint density at radius 3 is 2.67 bits per heavy atom.